The van der Waals surface area contributed by atoms with Gasteiger partial charge in [0.25, 0.3) is 0 Å². The molecule has 1 aliphatic heterocycles. The van der Waals surface area contributed by atoms with Crippen molar-refractivity contribution in [1.82, 2.24) is 4.72 Å². The first-order valence-corrected chi connectivity index (χ1v) is 10.2. The highest BCUT2D eigenvalue weighted by Gasteiger charge is 2.27. The van der Waals surface area contributed by atoms with Gasteiger partial charge in [0.15, 0.2) is 0 Å². The maximum Gasteiger partial charge on any atom is 0.211 e. The lowest BCUT2D eigenvalue weighted by molar-refractivity contribution is -0.937. The van der Waals surface area contributed by atoms with E-state index in [1.54, 1.807) is 0 Å². The van der Waals surface area contributed by atoms with Crippen LogP contribution in [0, 0.1) is 0 Å². The van der Waals surface area contributed by atoms with E-state index in [9.17, 15) is 8.42 Å². The van der Waals surface area contributed by atoms with E-state index in [2.05, 4.69) is 33.9 Å². The van der Waals surface area contributed by atoms with Crippen molar-refractivity contribution in [2.24, 2.45) is 0 Å². The summed E-state index contributed by atoms with van der Waals surface area (Å²) in [6.07, 6.45) is 0.627. The molecule has 1 heterocycles. The summed E-state index contributed by atoms with van der Waals surface area (Å²) >= 11 is 0. The fourth-order valence-corrected chi connectivity index (χ4v) is 4.14. The predicted octanol–water partition coefficient (Wildman–Crippen LogP) is 0.0382. The second-order valence-electron chi connectivity index (χ2n) is 6.48. The fourth-order valence-electron chi connectivity index (χ4n) is 3.04. The molecule has 0 spiro atoms. The molecule has 136 valence electrons. The van der Waals surface area contributed by atoms with Crippen LogP contribution in [0.4, 0.5) is 5.69 Å². The van der Waals surface area contributed by atoms with Crippen molar-refractivity contribution in [3.05, 3.63) is 29.8 Å². The van der Waals surface area contributed by atoms with Gasteiger partial charge < -0.3 is 14.5 Å². The number of rotatable bonds is 8. The van der Waals surface area contributed by atoms with Crippen LogP contribution in [0.5, 0.6) is 0 Å². The smallest absolute Gasteiger partial charge is 0.211 e. The van der Waals surface area contributed by atoms with Crippen LogP contribution in [0.3, 0.4) is 0 Å². The Labute approximate surface area is 145 Å². The second-order valence-corrected chi connectivity index (χ2v) is 8.40. The number of morpholine rings is 1. The maximum atomic E-state index is 12.0. The molecule has 2 N–H and O–H groups in total. The van der Waals surface area contributed by atoms with Gasteiger partial charge in [-0.05, 0) is 18.6 Å². The van der Waals surface area contributed by atoms with Gasteiger partial charge in [-0.3, -0.25) is 0 Å². The minimum Gasteiger partial charge on any atom is -0.378 e. The van der Waals surface area contributed by atoms with Gasteiger partial charge in [-0.1, -0.05) is 19.1 Å². The average molecular weight is 357 g/mol. The molecule has 0 saturated carbocycles. The van der Waals surface area contributed by atoms with E-state index in [1.165, 1.54) is 4.90 Å². The molecule has 0 unspecified atom stereocenters. The largest absolute Gasteiger partial charge is 0.378 e. The van der Waals surface area contributed by atoms with E-state index in [1.807, 2.05) is 21.0 Å². The number of hydrogen-bond acceptors (Lipinski definition) is 4. The lowest BCUT2D eigenvalue weighted by Gasteiger charge is -2.32. The quantitative estimate of drug-likeness (QED) is 0.690. The lowest BCUT2D eigenvalue weighted by atomic mass is 10.0. The first-order chi connectivity index (χ1) is 11.4. The van der Waals surface area contributed by atoms with E-state index in [4.69, 9.17) is 4.74 Å². The van der Waals surface area contributed by atoms with Gasteiger partial charge in [0, 0.05) is 25.3 Å². The fraction of sp³-hybridized carbons (Fsp3) is 0.647. The molecule has 1 aromatic carbocycles. The van der Waals surface area contributed by atoms with Crippen LogP contribution in [0.2, 0.25) is 0 Å². The van der Waals surface area contributed by atoms with Crippen molar-refractivity contribution in [2.75, 3.05) is 57.6 Å². The third kappa shape index (κ3) is 5.44. The molecule has 7 heteroatoms. The molecule has 24 heavy (non-hydrogen) atoms. The molecule has 0 aromatic heterocycles. The highest BCUT2D eigenvalue weighted by molar-refractivity contribution is 7.89. The number of sulfonamides is 1. The Kier molecular flexibility index (Phi) is 7.03. The highest BCUT2D eigenvalue weighted by atomic mass is 32.2. The number of nitrogens with zero attached hydrogens (tertiary/aromatic N) is 1. The Morgan fingerprint density at radius 3 is 2.38 bits per heavy atom. The Morgan fingerprint density at radius 1 is 1.21 bits per heavy atom. The topological polar surface area (TPSA) is 63.1 Å². The molecule has 1 aliphatic rings. The van der Waals surface area contributed by atoms with Crippen molar-refractivity contribution in [3.63, 3.8) is 0 Å². The van der Waals surface area contributed by atoms with Gasteiger partial charge in [0.2, 0.25) is 10.0 Å². The molecule has 0 aliphatic carbocycles. The summed E-state index contributed by atoms with van der Waals surface area (Å²) in [6, 6.07) is 8.50. The highest BCUT2D eigenvalue weighted by Crippen LogP contribution is 2.16. The summed E-state index contributed by atoms with van der Waals surface area (Å²) in [7, 11) is 0.827. The summed E-state index contributed by atoms with van der Waals surface area (Å²) in [5.74, 6) is 0.178. The van der Waals surface area contributed by atoms with Crippen molar-refractivity contribution >= 4 is 15.7 Å². The van der Waals surface area contributed by atoms with Gasteiger partial charge >= 0.3 is 0 Å². The summed E-state index contributed by atoms with van der Waals surface area (Å²) in [5, 5.41) is 0. The molecular formula is C17H30N3O3S+. The van der Waals surface area contributed by atoms with Gasteiger partial charge in [-0.15, -0.1) is 0 Å². The van der Waals surface area contributed by atoms with Crippen LogP contribution in [0.15, 0.2) is 24.3 Å². The van der Waals surface area contributed by atoms with E-state index in [0.29, 0.717) is 13.0 Å². The van der Waals surface area contributed by atoms with Crippen molar-refractivity contribution in [2.45, 2.75) is 19.4 Å². The second kappa shape index (κ2) is 8.80. The van der Waals surface area contributed by atoms with Crippen LogP contribution in [-0.2, 0) is 14.8 Å². The lowest BCUT2D eigenvalue weighted by Crippen LogP contribution is -3.15. The molecule has 1 atom stereocenters. The minimum atomic E-state index is -3.20. The van der Waals surface area contributed by atoms with Crippen LogP contribution < -0.4 is 14.5 Å². The van der Waals surface area contributed by atoms with Crippen LogP contribution in [0.25, 0.3) is 0 Å². The Balaban J connectivity index is 2.15. The molecule has 2 rings (SSSR count). The first kappa shape index (κ1) is 19.2. The normalized spacial score (nSPS) is 17.6. The summed E-state index contributed by atoms with van der Waals surface area (Å²) < 4.78 is 32.3. The molecule has 1 aromatic rings. The molecule has 6 nitrogen and oxygen atoms in total. The van der Waals surface area contributed by atoms with Gasteiger partial charge in [0.1, 0.15) is 19.1 Å². The zero-order valence-corrected chi connectivity index (χ0v) is 15.7. The maximum absolute atomic E-state index is 12.0. The summed E-state index contributed by atoms with van der Waals surface area (Å²) in [5.41, 5.74) is 2.30. The minimum absolute atomic E-state index is 0.108. The number of hydrogen-bond donors (Lipinski definition) is 2. The predicted molar refractivity (Wildman–Crippen MR) is 97.1 cm³/mol. The summed E-state index contributed by atoms with van der Waals surface area (Å²) in [6.45, 7) is 5.56. The van der Waals surface area contributed by atoms with Crippen molar-refractivity contribution < 1.29 is 18.1 Å². The average Bonchev–Trinajstić information content (AvgIpc) is 2.56. The number of ether oxygens (including phenoxy) is 1. The van der Waals surface area contributed by atoms with Crippen LogP contribution in [-0.4, -0.2) is 61.1 Å². The zero-order valence-electron chi connectivity index (χ0n) is 14.9. The first-order valence-electron chi connectivity index (χ1n) is 8.60. The van der Waals surface area contributed by atoms with E-state index in [0.717, 1.165) is 37.6 Å². The monoisotopic (exact) mass is 356 g/mol. The third-order valence-corrected chi connectivity index (χ3v) is 5.97. The Bertz CT molecular complexity index is 596. The van der Waals surface area contributed by atoms with E-state index < -0.39 is 10.0 Å². The Morgan fingerprint density at radius 2 is 1.83 bits per heavy atom. The SMILES string of the molecule is CCCS(=O)(=O)NC[C@H](c1ccc(N(C)C)cc1)[NH+]1CCOCC1. The number of benzene rings is 1. The number of quaternary nitrogens is 1. The Hall–Kier alpha value is -1.15. The van der Waals surface area contributed by atoms with Gasteiger partial charge in [-0.25, -0.2) is 13.1 Å². The molecular weight excluding hydrogens is 326 g/mol. The van der Waals surface area contributed by atoms with Gasteiger partial charge in [0.05, 0.1) is 25.5 Å². The summed E-state index contributed by atoms with van der Waals surface area (Å²) in [4.78, 5) is 3.43. The molecule has 1 saturated heterocycles. The molecule has 0 radical (unpaired) electrons. The van der Waals surface area contributed by atoms with Crippen molar-refractivity contribution in [1.29, 1.82) is 0 Å². The van der Waals surface area contributed by atoms with Gasteiger partial charge in [-0.2, -0.15) is 0 Å². The zero-order chi connectivity index (χ0) is 17.6. The number of anilines is 1. The molecule has 1 fully saturated rings. The standard InChI is InChI=1S/C17H29N3O3S/c1-4-13-24(21,22)18-14-17(20-9-11-23-12-10-20)15-5-7-16(8-6-15)19(2)3/h5-8,17-18H,4,9-14H2,1-3H3/p+1/t17-/m1/s1. The van der Waals surface area contributed by atoms with Crippen LogP contribution >= 0.6 is 0 Å². The number of nitrogens with one attached hydrogen (secondary N) is 2. The van der Waals surface area contributed by atoms with Crippen molar-refractivity contribution in [3.8, 4) is 0 Å². The molecule has 0 bridgehead atoms. The van der Waals surface area contributed by atoms with Crippen LogP contribution in [0.1, 0.15) is 24.9 Å². The molecule has 0 amide bonds. The third-order valence-electron chi connectivity index (χ3n) is 4.42. The van der Waals surface area contributed by atoms with E-state index >= 15 is 0 Å². The van der Waals surface area contributed by atoms with E-state index in [-0.39, 0.29) is 11.8 Å².